The molecule has 0 radical (unpaired) electrons. The number of nitrogens with one attached hydrogen (secondary N) is 4. The molecule has 0 aliphatic rings. The van der Waals surface area contributed by atoms with Crippen molar-refractivity contribution in [3.63, 3.8) is 0 Å². The lowest BCUT2D eigenvalue weighted by atomic mass is 9.99. The Labute approximate surface area is 238 Å². The molecule has 0 heterocycles. The highest BCUT2D eigenvalue weighted by atomic mass is 35.5. The summed E-state index contributed by atoms with van der Waals surface area (Å²) in [5.74, 6) is -8.79. The van der Waals surface area contributed by atoms with Crippen LogP contribution < -0.4 is 21.8 Å². The Hall–Kier alpha value is -4.31. The van der Waals surface area contributed by atoms with Crippen LogP contribution in [0.4, 0.5) is 36.4 Å². The van der Waals surface area contributed by atoms with Gasteiger partial charge in [0, 0.05) is 28.1 Å². The summed E-state index contributed by atoms with van der Waals surface area (Å²) in [4.78, 5) is 25.8. The SMILES string of the molecule is N=C(N)NOCCNC(=O)Cc1c(Cl)ccc(NCC(F)(F)c2ccc(F)c3ccccc23)c1F.O=C(O)C(F)(F)F. The van der Waals surface area contributed by atoms with Crippen molar-refractivity contribution in [3.05, 3.63) is 76.3 Å². The molecule has 0 saturated heterocycles. The summed E-state index contributed by atoms with van der Waals surface area (Å²) >= 11 is 6.03. The molecule has 0 spiro atoms. The lowest BCUT2D eigenvalue weighted by Gasteiger charge is -2.21. The number of carboxylic acids is 1. The van der Waals surface area contributed by atoms with E-state index in [2.05, 4.69) is 16.1 Å². The van der Waals surface area contributed by atoms with E-state index in [0.717, 1.165) is 12.1 Å². The third-order valence-corrected chi connectivity index (χ3v) is 5.59. The fourth-order valence-electron chi connectivity index (χ4n) is 3.37. The van der Waals surface area contributed by atoms with Gasteiger partial charge in [-0.15, -0.1) is 0 Å². The molecule has 0 unspecified atom stereocenters. The molecule has 0 aliphatic heterocycles. The Bertz CT molecular complexity index is 1440. The van der Waals surface area contributed by atoms with Crippen LogP contribution in [0.5, 0.6) is 0 Å². The zero-order chi connectivity index (χ0) is 31.7. The molecule has 9 nitrogen and oxygen atoms in total. The van der Waals surface area contributed by atoms with E-state index in [-0.39, 0.29) is 40.2 Å². The predicted octanol–water partition coefficient (Wildman–Crippen LogP) is 4.68. The van der Waals surface area contributed by atoms with Crippen LogP contribution in [-0.2, 0) is 26.8 Å². The number of guanidine groups is 1. The van der Waals surface area contributed by atoms with Crippen LogP contribution in [0.25, 0.3) is 10.8 Å². The molecule has 17 heteroatoms. The molecule has 42 heavy (non-hydrogen) atoms. The highest BCUT2D eigenvalue weighted by Gasteiger charge is 2.38. The van der Waals surface area contributed by atoms with Gasteiger partial charge in [-0.05, 0) is 29.7 Å². The number of hydrogen-bond donors (Lipinski definition) is 6. The molecule has 0 atom stereocenters. The summed E-state index contributed by atoms with van der Waals surface area (Å²) in [6.45, 7) is -0.961. The van der Waals surface area contributed by atoms with Crippen molar-refractivity contribution in [2.75, 3.05) is 25.0 Å². The van der Waals surface area contributed by atoms with Gasteiger partial charge >= 0.3 is 12.1 Å². The molecule has 0 saturated carbocycles. The molecular weight excluding hydrogens is 603 g/mol. The molecule has 0 fully saturated rings. The highest BCUT2D eigenvalue weighted by molar-refractivity contribution is 6.31. The van der Waals surface area contributed by atoms with Crippen LogP contribution in [0.1, 0.15) is 11.1 Å². The summed E-state index contributed by atoms with van der Waals surface area (Å²) in [7, 11) is 0. The van der Waals surface area contributed by atoms with Crippen LogP contribution in [0, 0.1) is 17.0 Å². The van der Waals surface area contributed by atoms with Gasteiger partial charge in [0.1, 0.15) is 5.82 Å². The second kappa shape index (κ2) is 14.5. The van der Waals surface area contributed by atoms with Gasteiger partial charge in [0.25, 0.3) is 5.92 Å². The van der Waals surface area contributed by atoms with Gasteiger partial charge < -0.3 is 21.5 Å². The topological polar surface area (TPSA) is 150 Å². The maximum Gasteiger partial charge on any atom is 0.490 e. The van der Waals surface area contributed by atoms with Crippen molar-refractivity contribution >= 4 is 45.9 Å². The van der Waals surface area contributed by atoms with Gasteiger partial charge in [-0.25, -0.2) is 19.1 Å². The standard InChI is InChI=1S/C23H22ClF4N5O2.C2HF3O2/c24-17-6-8-19(21(26)15(17)11-20(34)31-9-10-35-33-22(29)30)32-12-23(27,28)16-5-7-18(25)14-4-2-1-3-13(14)16;3-2(4,5)1(6)7/h1-8,32H,9-12H2,(H,31,34)(H4,29,30,33);(H,6,7). The van der Waals surface area contributed by atoms with E-state index in [1.54, 1.807) is 6.07 Å². The fourth-order valence-corrected chi connectivity index (χ4v) is 3.59. The first-order chi connectivity index (χ1) is 19.5. The first-order valence-electron chi connectivity index (χ1n) is 11.6. The lowest BCUT2D eigenvalue weighted by molar-refractivity contribution is -0.192. The van der Waals surface area contributed by atoms with Gasteiger partial charge in [-0.1, -0.05) is 35.9 Å². The van der Waals surface area contributed by atoms with Crippen LogP contribution in [-0.4, -0.2) is 48.8 Å². The number of halogens is 8. The van der Waals surface area contributed by atoms with E-state index >= 15 is 13.2 Å². The molecule has 1 amide bonds. The van der Waals surface area contributed by atoms with Gasteiger partial charge in [0.15, 0.2) is 5.82 Å². The molecule has 228 valence electrons. The van der Waals surface area contributed by atoms with E-state index in [9.17, 15) is 22.4 Å². The van der Waals surface area contributed by atoms with Crippen LogP contribution in [0.15, 0.2) is 48.5 Å². The molecule has 0 bridgehead atoms. The van der Waals surface area contributed by atoms with Crippen molar-refractivity contribution in [1.29, 1.82) is 5.41 Å². The quantitative estimate of drug-likeness (QED) is 0.0630. The average Bonchev–Trinajstić information content (AvgIpc) is 2.90. The third-order valence-electron chi connectivity index (χ3n) is 5.24. The smallest absolute Gasteiger partial charge is 0.475 e. The van der Waals surface area contributed by atoms with Gasteiger partial charge in [-0.2, -0.15) is 22.0 Å². The number of rotatable bonds is 10. The van der Waals surface area contributed by atoms with E-state index < -0.39 is 60.1 Å². The largest absolute Gasteiger partial charge is 0.490 e. The number of carbonyl (C=O) groups is 2. The summed E-state index contributed by atoms with van der Waals surface area (Å²) < 4.78 is 90.8. The fraction of sp³-hybridized carbons (Fsp3) is 0.240. The number of benzene rings is 3. The van der Waals surface area contributed by atoms with Crippen LogP contribution in [0.2, 0.25) is 5.02 Å². The number of aliphatic carboxylic acids is 1. The Morgan fingerprint density at radius 3 is 2.21 bits per heavy atom. The Morgan fingerprint density at radius 1 is 1.00 bits per heavy atom. The Morgan fingerprint density at radius 2 is 1.62 bits per heavy atom. The monoisotopic (exact) mass is 625 g/mol. The minimum atomic E-state index is -5.08. The highest BCUT2D eigenvalue weighted by Crippen LogP contribution is 2.35. The summed E-state index contributed by atoms with van der Waals surface area (Å²) in [6.07, 6.45) is -5.53. The number of nitrogens with two attached hydrogens (primary N) is 1. The van der Waals surface area contributed by atoms with Gasteiger partial charge in [0.2, 0.25) is 11.9 Å². The van der Waals surface area contributed by atoms with Crippen molar-refractivity contribution < 1.29 is 50.3 Å². The van der Waals surface area contributed by atoms with E-state index in [1.165, 1.54) is 30.3 Å². The molecule has 3 rings (SSSR count). The Balaban J connectivity index is 0.000000782. The Kier molecular flexibility index (Phi) is 11.7. The van der Waals surface area contributed by atoms with E-state index in [4.69, 9.17) is 37.5 Å². The molecule has 0 aromatic heterocycles. The van der Waals surface area contributed by atoms with E-state index in [1.807, 2.05) is 0 Å². The number of amides is 1. The normalized spacial score (nSPS) is 11.3. The lowest BCUT2D eigenvalue weighted by Crippen LogP contribution is -2.35. The minimum Gasteiger partial charge on any atom is -0.475 e. The van der Waals surface area contributed by atoms with Crippen molar-refractivity contribution in [1.82, 2.24) is 10.8 Å². The maximum atomic E-state index is 15.0. The number of anilines is 1. The van der Waals surface area contributed by atoms with Crippen LogP contribution in [0.3, 0.4) is 0 Å². The minimum absolute atomic E-state index is 0.0176. The molecule has 7 N–H and O–H groups in total. The average molecular weight is 626 g/mol. The number of carbonyl (C=O) groups excluding carboxylic acids is 1. The van der Waals surface area contributed by atoms with Crippen molar-refractivity contribution in [2.45, 2.75) is 18.5 Å². The summed E-state index contributed by atoms with van der Waals surface area (Å²) in [6, 6.07) is 10.3. The number of hydrogen-bond acceptors (Lipinski definition) is 5. The van der Waals surface area contributed by atoms with Crippen molar-refractivity contribution in [3.8, 4) is 0 Å². The second-order valence-corrected chi connectivity index (χ2v) is 8.69. The van der Waals surface area contributed by atoms with Gasteiger partial charge in [0.05, 0.1) is 25.3 Å². The number of fused-ring (bicyclic) bond motifs is 1. The van der Waals surface area contributed by atoms with E-state index in [0.29, 0.717) is 0 Å². The summed E-state index contributed by atoms with van der Waals surface area (Å²) in [5.41, 5.74) is 6.28. The second-order valence-electron chi connectivity index (χ2n) is 8.28. The van der Waals surface area contributed by atoms with Gasteiger partial charge in [-0.3, -0.25) is 15.0 Å². The molecule has 0 aliphatic carbocycles. The molecule has 3 aromatic carbocycles. The summed E-state index contributed by atoms with van der Waals surface area (Å²) in [5, 5.41) is 18.9. The zero-order valence-corrected chi connectivity index (χ0v) is 22.0. The zero-order valence-electron chi connectivity index (χ0n) is 21.2. The van der Waals surface area contributed by atoms with Crippen molar-refractivity contribution in [2.24, 2.45) is 5.73 Å². The molecular formula is C25H23ClF7N5O4. The first-order valence-corrected chi connectivity index (χ1v) is 12.0. The third kappa shape index (κ3) is 9.66. The number of alkyl halides is 5. The maximum absolute atomic E-state index is 15.0. The number of carboxylic acid groups (broad SMARTS) is 1. The molecule has 3 aromatic rings. The van der Waals surface area contributed by atoms with Crippen LogP contribution >= 0.6 is 11.6 Å². The number of hydroxylamine groups is 1. The first kappa shape index (κ1) is 33.9. The predicted molar refractivity (Wildman–Crippen MR) is 139 cm³/mol.